The third-order valence-electron chi connectivity index (χ3n) is 4.04. The van der Waals surface area contributed by atoms with Crippen LogP contribution >= 0.6 is 0 Å². The minimum absolute atomic E-state index is 0.367. The van der Waals surface area contributed by atoms with Gasteiger partial charge in [0, 0.05) is 37.0 Å². The van der Waals surface area contributed by atoms with Crippen LogP contribution in [0.2, 0.25) is 0 Å². The zero-order valence-electron chi connectivity index (χ0n) is 12.0. The molecule has 0 saturated carbocycles. The zero-order valence-corrected chi connectivity index (χ0v) is 12.0. The number of hydrogen-bond donors (Lipinski definition) is 1. The molecule has 104 valence electrons. The first-order chi connectivity index (χ1) is 9.75. The number of aryl methyl sites for hydroxylation is 1. The van der Waals surface area contributed by atoms with Crippen molar-refractivity contribution in [3.8, 4) is 5.75 Å². The van der Waals surface area contributed by atoms with Crippen LogP contribution in [-0.4, -0.2) is 11.6 Å². The standard InChI is InChI=1S/C17H20N2O/c1-12-3-4-15-16(7-10-20-17(15)13(12)2)19-11-14-5-8-18-9-6-14/h3-6,8-9,16,19H,7,10-11H2,1-2H3. The Balaban J connectivity index is 1.79. The van der Waals surface area contributed by atoms with Crippen LogP contribution < -0.4 is 10.1 Å². The van der Waals surface area contributed by atoms with Gasteiger partial charge >= 0.3 is 0 Å². The van der Waals surface area contributed by atoms with Crippen molar-refractivity contribution < 1.29 is 4.74 Å². The third-order valence-corrected chi connectivity index (χ3v) is 4.04. The van der Waals surface area contributed by atoms with E-state index in [1.165, 1.54) is 22.3 Å². The summed E-state index contributed by atoms with van der Waals surface area (Å²) >= 11 is 0. The Labute approximate surface area is 120 Å². The molecule has 3 rings (SSSR count). The number of rotatable bonds is 3. The average Bonchev–Trinajstić information content (AvgIpc) is 2.50. The van der Waals surface area contributed by atoms with Crippen molar-refractivity contribution in [2.45, 2.75) is 32.9 Å². The number of pyridine rings is 1. The maximum absolute atomic E-state index is 5.87. The molecule has 1 aliphatic rings. The molecule has 0 saturated heterocycles. The van der Waals surface area contributed by atoms with Gasteiger partial charge in [-0.15, -0.1) is 0 Å². The van der Waals surface area contributed by atoms with Gasteiger partial charge in [0.05, 0.1) is 6.61 Å². The summed E-state index contributed by atoms with van der Waals surface area (Å²) in [6.45, 7) is 5.91. The van der Waals surface area contributed by atoms with Gasteiger partial charge in [-0.05, 0) is 42.7 Å². The lowest BCUT2D eigenvalue weighted by Crippen LogP contribution is -2.27. The van der Waals surface area contributed by atoms with Gasteiger partial charge < -0.3 is 10.1 Å². The molecule has 2 heterocycles. The first-order valence-corrected chi connectivity index (χ1v) is 7.11. The number of benzene rings is 1. The monoisotopic (exact) mass is 268 g/mol. The van der Waals surface area contributed by atoms with Crippen LogP contribution in [0.4, 0.5) is 0 Å². The summed E-state index contributed by atoms with van der Waals surface area (Å²) in [5, 5.41) is 3.63. The van der Waals surface area contributed by atoms with Gasteiger partial charge in [0.15, 0.2) is 0 Å². The summed E-state index contributed by atoms with van der Waals surface area (Å²) in [4.78, 5) is 4.05. The molecule has 1 unspecified atom stereocenters. The maximum atomic E-state index is 5.87. The number of fused-ring (bicyclic) bond motifs is 1. The number of ether oxygens (including phenoxy) is 1. The Hall–Kier alpha value is -1.87. The fraction of sp³-hybridized carbons (Fsp3) is 0.353. The van der Waals surface area contributed by atoms with E-state index in [1.54, 1.807) is 0 Å². The van der Waals surface area contributed by atoms with Crippen LogP contribution in [-0.2, 0) is 6.54 Å². The molecule has 1 atom stereocenters. The van der Waals surface area contributed by atoms with Crippen molar-refractivity contribution in [2.24, 2.45) is 0 Å². The third kappa shape index (κ3) is 2.54. The lowest BCUT2D eigenvalue weighted by atomic mass is 9.95. The Kier molecular flexibility index (Phi) is 3.70. The first kappa shape index (κ1) is 13.1. The molecule has 0 radical (unpaired) electrons. The van der Waals surface area contributed by atoms with Crippen molar-refractivity contribution in [1.82, 2.24) is 10.3 Å². The Morgan fingerprint density at radius 1 is 1.20 bits per heavy atom. The predicted molar refractivity (Wildman–Crippen MR) is 79.8 cm³/mol. The smallest absolute Gasteiger partial charge is 0.127 e. The molecule has 0 aliphatic carbocycles. The molecular weight excluding hydrogens is 248 g/mol. The molecule has 0 amide bonds. The quantitative estimate of drug-likeness (QED) is 0.927. The van der Waals surface area contributed by atoms with Crippen molar-refractivity contribution in [3.05, 3.63) is 58.9 Å². The lowest BCUT2D eigenvalue weighted by Gasteiger charge is -2.28. The van der Waals surface area contributed by atoms with E-state index in [1.807, 2.05) is 24.5 Å². The largest absolute Gasteiger partial charge is 0.493 e. The minimum Gasteiger partial charge on any atom is -0.493 e. The number of nitrogens with one attached hydrogen (secondary N) is 1. The van der Waals surface area contributed by atoms with Crippen LogP contribution in [0.1, 0.15) is 34.7 Å². The molecule has 1 N–H and O–H groups in total. The molecule has 20 heavy (non-hydrogen) atoms. The van der Waals surface area contributed by atoms with Crippen LogP contribution in [0.5, 0.6) is 5.75 Å². The van der Waals surface area contributed by atoms with Gasteiger partial charge in [-0.2, -0.15) is 0 Å². The SMILES string of the molecule is Cc1ccc2c(c1C)OCCC2NCc1ccncc1. The molecule has 0 fully saturated rings. The molecular formula is C17H20N2O. The normalized spacial score (nSPS) is 17.4. The molecule has 1 aliphatic heterocycles. The molecule has 2 aromatic rings. The van der Waals surface area contributed by atoms with Crippen molar-refractivity contribution in [1.29, 1.82) is 0 Å². The van der Waals surface area contributed by atoms with E-state index in [2.05, 4.69) is 36.3 Å². The van der Waals surface area contributed by atoms with E-state index in [0.29, 0.717) is 6.04 Å². The van der Waals surface area contributed by atoms with E-state index >= 15 is 0 Å². The average molecular weight is 268 g/mol. The number of nitrogens with zero attached hydrogens (tertiary/aromatic N) is 1. The summed E-state index contributed by atoms with van der Waals surface area (Å²) in [5.74, 6) is 1.07. The van der Waals surface area contributed by atoms with E-state index < -0.39 is 0 Å². The van der Waals surface area contributed by atoms with Gasteiger partial charge in [0.2, 0.25) is 0 Å². The molecule has 1 aromatic heterocycles. The summed E-state index contributed by atoms with van der Waals surface area (Å²) in [5.41, 5.74) is 5.10. The van der Waals surface area contributed by atoms with Crippen LogP contribution in [0.3, 0.4) is 0 Å². The van der Waals surface area contributed by atoms with E-state index in [0.717, 1.165) is 25.3 Å². The predicted octanol–water partition coefficient (Wildman–Crippen LogP) is 3.31. The van der Waals surface area contributed by atoms with Crippen molar-refractivity contribution in [2.75, 3.05) is 6.61 Å². The van der Waals surface area contributed by atoms with Crippen molar-refractivity contribution >= 4 is 0 Å². The van der Waals surface area contributed by atoms with Gasteiger partial charge in [0.1, 0.15) is 5.75 Å². The van der Waals surface area contributed by atoms with Crippen molar-refractivity contribution in [3.63, 3.8) is 0 Å². The van der Waals surface area contributed by atoms with Gasteiger partial charge in [0.25, 0.3) is 0 Å². The summed E-state index contributed by atoms with van der Waals surface area (Å²) in [6, 6.07) is 8.85. The molecule has 3 nitrogen and oxygen atoms in total. The second kappa shape index (κ2) is 5.63. The Morgan fingerprint density at radius 3 is 2.80 bits per heavy atom. The van der Waals surface area contributed by atoms with Gasteiger partial charge in [-0.25, -0.2) is 0 Å². The summed E-state index contributed by atoms with van der Waals surface area (Å²) in [7, 11) is 0. The topological polar surface area (TPSA) is 34.1 Å². The van der Waals surface area contributed by atoms with Crippen LogP contribution in [0.15, 0.2) is 36.7 Å². The van der Waals surface area contributed by atoms with E-state index in [9.17, 15) is 0 Å². The number of hydrogen-bond acceptors (Lipinski definition) is 3. The molecule has 0 spiro atoms. The number of aromatic nitrogens is 1. The molecule has 1 aromatic carbocycles. The fourth-order valence-electron chi connectivity index (χ4n) is 2.67. The van der Waals surface area contributed by atoms with E-state index in [4.69, 9.17) is 4.74 Å². The van der Waals surface area contributed by atoms with E-state index in [-0.39, 0.29) is 0 Å². The highest BCUT2D eigenvalue weighted by Crippen LogP contribution is 2.36. The minimum atomic E-state index is 0.367. The van der Waals surface area contributed by atoms with Crippen LogP contribution in [0, 0.1) is 13.8 Å². The highest BCUT2D eigenvalue weighted by molar-refractivity contribution is 5.47. The maximum Gasteiger partial charge on any atom is 0.127 e. The Bertz CT molecular complexity index is 595. The second-order valence-electron chi connectivity index (χ2n) is 5.35. The van der Waals surface area contributed by atoms with Gasteiger partial charge in [-0.3, -0.25) is 4.98 Å². The zero-order chi connectivity index (χ0) is 13.9. The van der Waals surface area contributed by atoms with Crippen LogP contribution in [0.25, 0.3) is 0 Å². The molecule has 3 heteroatoms. The fourth-order valence-corrected chi connectivity index (χ4v) is 2.67. The highest BCUT2D eigenvalue weighted by Gasteiger charge is 2.22. The van der Waals surface area contributed by atoms with Gasteiger partial charge in [-0.1, -0.05) is 12.1 Å². The summed E-state index contributed by atoms with van der Waals surface area (Å²) < 4.78 is 5.87. The summed E-state index contributed by atoms with van der Waals surface area (Å²) in [6.07, 6.45) is 4.69. The first-order valence-electron chi connectivity index (χ1n) is 7.11. The Morgan fingerprint density at radius 2 is 2.00 bits per heavy atom. The highest BCUT2D eigenvalue weighted by atomic mass is 16.5. The lowest BCUT2D eigenvalue weighted by molar-refractivity contribution is 0.250. The molecule has 0 bridgehead atoms. The second-order valence-corrected chi connectivity index (χ2v) is 5.35.